The monoisotopic (exact) mass is 496 g/mol. The van der Waals surface area contributed by atoms with Crippen molar-refractivity contribution in [1.82, 2.24) is 4.90 Å². The maximum absolute atomic E-state index is 13.6. The van der Waals surface area contributed by atoms with E-state index in [0.29, 0.717) is 33.9 Å². The van der Waals surface area contributed by atoms with Gasteiger partial charge in [0.2, 0.25) is 11.8 Å². The van der Waals surface area contributed by atoms with E-state index in [-0.39, 0.29) is 53.1 Å². The molecular weight excluding hydrogens is 475 g/mol. The molecule has 5 aliphatic rings. The SMILES string of the molecule is COc1ccc(N(CN2C(=O)[C@@H]3[C@@H]4C=C[C@H]([C@@H]5C[C@H]45)[C@@H]3C2=O)C(=O)c2ccc(Cl)c(Cl)c2)cc1. The molecule has 4 aliphatic carbocycles. The van der Waals surface area contributed by atoms with Gasteiger partial charge in [0.1, 0.15) is 12.4 Å². The van der Waals surface area contributed by atoms with Gasteiger partial charge in [-0.1, -0.05) is 35.4 Å². The van der Waals surface area contributed by atoms with Crippen LogP contribution in [0, 0.1) is 35.5 Å². The number of halogens is 2. The fourth-order valence-corrected chi connectivity index (χ4v) is 6.41. The van der Waals surface area contributed by atoms with Gasteiger partial charge in [-0.15, -0.1) is 0 Å². The standard InChI is InChI=1S/C26H22Cl2N2O4/c1-34-15-5-3-14(4-6-15)29(24(31)13-2-9-20(27)21(28)10-13)12-30-25(32)22-16-7-8-17(19-11-18(16)19)23(22)26(30)33/h2-10,16-19,22-23H,11-12H2,1H3/t16-,17-,18-,19+,22-,23+/m1/s1. The molecule has 0 spiro atoms. The molecule has 0 aromatic heterocycles. The first-order chi connectivity index (χ1) is 16.4. The predicted molar refractivity (Wildman–Crippen MR) is 128 cm³/mol. The summed E-state index contributed by atoms with van der Waals surface area (Å²) in [6, 6.07) is 11.6. The molecule has 2 aromatic carbocycles. The number of allylic oxidation sites excluding steroid dienone is 2. The first-order valence-electron chi connectivity index (χ1n) is 11.3. The Labute approximate surface area is 207 Å². The number of rotatable bonds is 5. The molecule has 3 amide bonds. The fourth-order valence-electron chi connectivity index (χ4n) is 6.11. The van der Waals surface area contributed by atoms with E-state index in [1.165, 1.54) is 15.9 Å². The van der Waals surface area contributed by atoms with Gasteiger partial charge in [0, 0.05) is 11.3 Å². The van der Waals surface area contributed by atoms with Gasteiger partial charge in [-0.3, -0.25) is 24.2 Å². The minimum absolute atomic E-state index is 0.127. The van der Waals surface area contributed by atoms with Crippen molar-refractivity contribution in [3.63, 3.8) is 0 Å². The molecule has 0 N–H and O–H groups in total. The normalized spacial score (nSPS) is 30.3. The molecule has 6 atom stereocenters. The molecular formula is C26H22Cl2N2O4. The second-order valence-corrected chi connectivity index (χ2v) is 10.3. The minimum atomic E-state index is -0.386. The maximum Gasteiger partial charge on any atom is 0.259 e. The predicted octanol–water partition coefficient (Wildman–Crippen LogP) is 4.66. The topological polar surface area (TPSA) is 66.9 Å². The van der Waals surface area contributed by atoms with Crippen molar-refractivity contribution < 1.29 is 19.1 Å². The Kier molecular flexibility index (Phi) is 5.01. The lowest BCUT2D eigenvalue weighted by atomic mass is 9.63. The third-order valence-electron chi connectivity index (χ3n) is 7.83. The van der Waals surface area contributed by atoms with E-state index in [0.717, 1.165) is 6.42 Å². The van der Waals surface area contributed by atoms with E-state index >= 15 is 0 Å². The van der Waals surface area contributed by atoms with Crippen LogP contribution in [0.4, 0.5) is 5.69 Å². The molecule has 174 valence electrons. The fraction of sp³-hybridized carbons (Fsp3) is 0.346. The molecule has 1 aliphatic heterocycles. The van der Waals surface area contributed by atoms with Crippen molar-refractivity contribution in [2.75, 3.05) is 18.7 Å². The molecule has 34 heavy (non-hydrogen) atoms. The van der Waals surface area contributed by atoms with Crippen LogP contribution >= 0.6 is 23.2 Å². The summed E-state index contributed by atoms with van der Waals surface area (Å²) in [5, 5.41) is 0.591. The van der Waals surface area contributed by atoms with Crippen molar-refractivity contribution in [3.8, 4) is 5.75 Å². The lowest BCUT2D eigenvalue weighted by Crippen LogP contribution is -2.45. The van der Waals surface area contributed by atoms with Crippen molar-refractivity contribution in [1.29, 1.82) is 0 Å². The Bertz CT molecular complexity index is 1210. The second-order valence-electron chi connectivity index (χ2n) is 9.46. The highest BCUT2D eigenvalue weighted by molar-refractivity contribution is 6.42. The highest BCUT2D eigenvalue weighted by atomic mass is 35.5. The van der Waals surface area contributed by atoms with E-state index in [1.807, 2.05) is 0 Å². The number of anilines is 1. The number of methoxy groups -OCH3 is 1. The van der Waals surface area contributed by atoms with Gasteiger partial charge in [-0.25, -0.2) is 0 Å². The molecule has 0 radical (unpaired) electrons. The minimum Gasteiger partial charge on any atom is -0.497 e. The third-order valence-corrected chi connectivity index (χ3v) is 8.57. The molecule has 2 bridgehead atoms. The summed E-state index contributed by atoms with van der Waals surface area (Å²) in [6.07, 6.45) is 5.37. The van der Waals surface area contributed by atoms with Gasteiger partial charge in [-0.05, 0) is 72.6 Å². The summed E-state index contributed by atoms with van der Waals surface area (Å²) in [5.41, 5.74) is 0.848. The molecule has 1 heterocycles. The van der Waals surface area contributed by atoms with Crippen molar-refractivity contribution in [3.05, 3.63) is 70.2 Å². The van der Waals surface area contributed by atoms with E-state index in [4.69, 9.17) is 27.9 Å². The van der Waals surface area contributed by atoms with Crippen molar-refractivity contribution >= 4 is 46.6 Å². The molecule has 8 heteroatoms. The Hall–Kier alpha value is -2.83. The summed E-state index contributed by atoms with van der Waals surface area (Å²) >= 11 is 12.2. The van der Waals surface area contributed by atoms with Gasteiger partial charge < -0.3 is 4.74 Å². The maximum atomic E-state index is 13.6. The lowest BCUT2D eigenvalue weighted by Gasteiger charge is -2.37. The summed E-state index contributed by atoms with van der Waals surface area (Å²) < 4.78 is 5.24. The molecule has 2 aromatic rings. The number of likely N-dealkylation sites (tertiary alicyclic amines) is 1. The van der Waals surface area contributed by atoms with Gasteiger partial charge >= 0.3 is 0 Å². The second kappa shape index (κ2) is 7.85. The Morgan fingerprint density at radius 3 is 2.15 bits per heavy atom. The average Bonchev–Trinajstić information content (AvgIpc) is 3.64. The average molecular weight is 497 g/mol. The first kappa shape index (κ1) is 21.7. The Morgan fingerprint density at radius 2 is 1.59 bits per heavy atom. The van der Waals surface area contributed by atoms with E-state index in [9.17, 15) is 14.4 Å². The quantitative estimate of drug-likeness (QED) is 0.445. The summed E-state index contributed by atoms with van der Waals surface area (Å²) in [5.74, 6) is 0.540. The summed E-state index contributed by atoms with van der Waals surface area (Å²) in [6.45, 7) is -0.162. The number of ether oxygens (including phenoxy) is 1. The molecule has 3 fully saturated rings. The van der Waals surface area contributed by atoms with E-state index in [2.05, 4.69) is 12.2 Å². The molecule has 7 rings (SSSR count). The van der Waals surface area contributed by atoms with Gasteiger partial charge in [0.15, 0.2) is 0 Å². The van der Waals surface area contributed by atoms with Crippen molar-refractivity contribution in [2.45, 2.75) is 6.42 Å². The number of nitrogens with zero attached hydrogens (tertiary/aromatic N) is 2. The van der Waals surface area contributed by atoms with Crippen LogP contribution in [0.3, 0.4) is 0 Å². The number of imide groups is 1. The number of amides is 3. The highest BCUT2D eigenvalue weighted by Crippen LogP contribution is 2.65. The van der Waals surface area contributed by atoms with Gasteiger partial charge in [0.05, 0.1) is 29.0 Å². The Morgan fingerprint density at radius 1 is 0.971 bits per heavy atom. The van der Waals surface area contributed by atoms with Crippen LogP contribution in [-0.2, 0) is 9.59 Å². The summed E-state index contributed by atoms with van der Waals surface area (Å²) in [7, 11) is 1.56. The van der Waals surface area contributed by atoms with Crippen LogP contribution in [0.2, 0.25) is 10.0 Å². The number of carbonyl (C=O) groups is 3. The van der Waals surface area contributed by atoms with Crippen LogP contribution < -0.4 is 9.64 Å². The number of carbonyl (C=O) groups excluding carboxylic acids is 3. The van der Waals surface area contributed by atoms with Gasteiger partial charge in [0.25, 0.3) is 5.91 Å². The van der Waals surface area contributed by atoms with Crippen molar-refractivity contribution in [2.24, 2.45) is 35.5 Å². The number of benzene rings is 2. The smallest absolute Gasteiger partial charge is 0.259 e. The summed E-state index contributed by atoms with van der Waals surface area (Å²) in [4.78, 5) is 43.3. The lowest BCUT2D eigenvalue weighted by molar-refractivity contribution is -0.140. The van der Waals surface area contributed by atoms with Crippen LogP contribution in [0.5, 0.6) is 5.75 Å². The first-order valence-corrected chi connectivity index (χ1v) is 12.1. The molecule has 2 saturated carbocycles. The van der Waals surface area contributed by atoms with Crippen LogP contribution in [0.1, 0.15) is 16.8 Å². The zero-order valence-corrected chi connectivity index (χ0v) is 19.9. The van der Waals surface area contributed by atoms with E-state index < -0.39 is 0 Å². The van der Waals surface area contributed by atoms with Crippen LogP contribution in [-0.4, -0.2) is 36.4 Å². The zero-order valence-electron chi connectivity index (χ0n) is 18.4. The zero-order chi connectivity index (χ0) is 23.7. The molecule has 1 saturated heterocycles. The van der Waals surface area contributed by atoms with Gasteiger partial charge in [-0.2, -0.15) is 0 Å². The van der Waals surface area contributed by atoms with Crippen LogP contribution in [0.25, 0.3) is 0 Å². The number of hydrogen-bond donors (Lipinski definition) is 0. The number of hydrogen-bond acceptors (Lipinski definition) is 4. The largest absolute Gasteiger partial charge is 0.497 e. The van der Waals surface area contributed by atoms with E-state index in [1.54, 1.807) is 43.5 Å². The van der Waals surface area contributed by atoms with Crippen LogP contribution in [0.15, 0.2) is 54.6 Å². The molecule has 6 nitrogen and oxygen atoms in total. The third kappa shape index (κ3) is 3.19. The Balaban J connectivity index is 1.34. The highest BCUT2D eigenvalue weighted by Gasteiger charge is 2.67. The molecule has 0 unspecified atom stereocenters.